The maximum absolute atomic E-state index is 12.0. The van der Waals surface area contributed by atoms with Crippen molar-refractivity contribution in [3.8, 4) is 0 Å². The number of hydrogen-bond donors (Lipinski definition) is 0. The van der Waals surface area contributed by atoms with Gasteiger partial charge in [-0.2, -0.15) is 0 Å². The van der Waals surface area contributed by atoms with Crippen molar-refractivity contribution in [2.75, 3.05) is 11.9 Å². The Balaban J connectivity index is 3.00. The van der Waals surface area contributed by atoms with Gasteiger partial charge in [-0.3, -0.25) is 4.90 Å². The number of anilines is 1. The minimum absolute atomic E-state index is 0.370. The molecule has 0 radical (unpaired) electrons. The fraction of sp³-hybridized carbons (Fsp3) is 0.500. The first-order chi connectivity index (χ1) is 8.26. The molecule has 1 amide bonds. The van der Waals surface area contributed by atoms with Crippen LogP contribution in [-0.2, 0) is 10.6 Å². The Morgan fingerprint density at radius 3 is 2.50 bits per heavy atom. The molecule has 0 saturated carbocycles. The highest BCUT2D eigenvalue weighted by atomic mass is 35.5. The molecule has 0 aliphatic heterocycles. The number of aryl methyl sites for hydroxylation is 1. The smallest absolute Gasteiger partial charge is 0.414 e. The SMILES string of the molecule is Cc1cccc(N(C)C(=O)OC(C)(C)C)c1CCl. The van der Waals surface area contributed by atoms with Gasteiger partial charge in [0.15, 0.2) is 0 Å². The third-order valence-electron chi connectivity index (χ3n) is 2.55. The average Bonchev–Trinajstić information content (AvgIpc) is 2.25. The minimum Gasteiger partial charge on any atom is -0.443 e. The van der Waals surface area contributed by atoms with Crippen LogP contribution in [0.2, 0.25) is 0 Å². The first-order valence-corrected chi connectivity index (χ1v) is 6.41. The number of amides is 1. The van der Waals surface area contributed by atoms with Gasteiger partial charge in [0.1, 0.15) is 5.60 Å². The highest BCUT2D eigenvalue weighted by Gasteiger charge is 2.22. The molecule has 0 fully saturated rings. The van der Waals surface area contributed by atoms with E-state index in [0.717, 1.165) is 16.8 Å². The van der Waals surface area contributed by atoms with Crippen molar-refractivity contribution in [3.63, 3.8) is 0 Å². The lowest BCUT2D eigenvalue weighted by atomic mass is 10.1. The van der Waals surface area contributed by atoms with E-state index in [4.69, 9.17) is 16.3 Å². The van der Waals surface area contributed by atoms with Crippen LogP contribution in [0.1, 0.15) is 31.9 Å². The molecule has 0 aliphatic rings. The number of carbonyl (C=O) groups is 1. The van der Waals surface area contributed by atoms with E-state index in [2.05, 4.69) is 0 Å². The Kier molecular flexibility index (Phi) is 4.63. The lowest BCUT2D eigenvalue weighted by Gasteiger charge is -2.26. The van der Waals surface area contributed by atoms with Crippen LogP contribution in [0.25, 0.3) is 0 Å². The van der Waals surface area contributed by atoms with Gasteiger partial charge in [0.2, 0.25) is 0 Å². The van der Waals surface area contributed by atoms with E-state index in [1.54, 1.807) is 7.05 Å². The number of alkyl halides is 1. The average molecular weight is 270 g/mol. The summed E-state index contributed by atoms with van der Waals surface area (Å²) in [6, 6.07) is 5.75. The summed E-state index contributed by atoms with van der Waals surface area (Å²) in [5.41, 5.74) is 2.31. The molecule has 3 nitrogen and oxygen atoms in total. The summed E-state index contributed by atoms with van der Waals surface area (Å²) in [6.45, 7) is 7.51. The second-order valence-electron chi connectivity index (χ2n) is 5.25. The Morgan fingerprint density at radius 1 is 1.39 bits per heavy atom. The summed E-state index contributed by atoms with van der Waals surface area (Å²) < 4.78 is 5.34. The zero-order valence-electron chi connectivity index (χ0n) is 11.6. The molecule has 0 spiro atoms. The Hall–Kier alpha value is -1.22. The van der Waals surface area contributed by atoms with Gasteiger partial charge in [0, 0.05) is 12.9 Å². The lowest BCUT2D eigenvalue weighted by molar-refractivity contribution is 0.0589. The van der Waals surface area contributed by atoms with Crippen molar-refractivity contribution in [2.45, 2.75) is 39.2 Å². The molecule has 0 aromatic heterocycles. The molecule has 100 valence electrons. The van der Waals surface area contributed by atoms with Gasteiger partial charge < -0.3 is 4.74 Å². The van der Waals surface area contributed by atoms with Gasteiger partial charge in [0.05, 0.1) is 5.69 Å². The van der Waals surface area contributed by atoms with E-state index in [0.29, 0.717) is 5.88 Å². The van der Waals surface area contributed by atoms with Crippen LogP contribution in [0.3, 0.4) is 0 Å². The van der Waals surface area contributed by atoms with Crippen LogP contribution in [0.15, 0.2) is 18.2 Å². The maximum atomic E-state index is 12.0. The molecule has 1 aromatic rings. The Morgan fingerprint density at radius 2 is 2.00 bits per heavy atom. The van der Waals surface area contributed by atoms with Crippen LogP contribution < -0.4 is 4.90 Å². The zero-order valence-corrected chi connectivity index (χ0v) is 12.3. The second-order valence-corrected chi connectivity index (χ2v) is 5.51. The van der Waals surface area contributed by atoms with Crippen molar-refractivity contribution in [2.24, 2.45) is 0 Å². The number of benzene rings is 1. The molecule has 1 aromatic carbocycles. The number of hydrogen-bond acceptors (Lipinski definition) is 2. The molecule has 0 unspecified atom stereocenters. The fourth-order valence-electron chi connectivity index (χ4n) is 1.60. The molecule has 1 rings (SSSR count). The quantitative estimate of drug-likeness (QED) is 0.757. The fourth-order valence-corrected chi connectivity index (χ4v) is 1.95. The number of nitrogens with zero attached hydrogens (tertiary/aromatic N) is 1. The summed E-state index contributed by atoms with van der Waals surface area (Å²) in [5, 5.41) is 0. The highest BCUT2D eigenvalue weighted by Crippen LogP contribution is 2.25. The standard InChI is InChI=1S/C14H20ClNO2/c1-10-7-6-8-12(11(10)9-15)16(5)13(17)18-14(2,3)4/h6-8H,9H2,1-5H3. The highest BCUT2D eigenvalue weighted by molar-refractivity contribution is 6.17. The van der Waals surface area contributed by atoms with Crippen molar-refractivity contribution in [3.05, 3.63) is 29.3 Å². The normalized spacial score (nSPS) is 11.2. The van der Waals surface area contributed by atoms with Crippen LogP contribution in [0.4, 0.5) is 10.5 Å². The molecule has 0 bridgehead atoms. The maximum Gasteiger partial charge on any atom is 0.414 e. The van der Waals surface area contributed by atoms with Gasteiger partial charge in [-0.05, 0) is 44.9 Å². The molecule has 4 heteroatoms. The second kappa shape index (κ2) is 5.61. The van der Waals surface area contributed by atoms with Gasteiger partial charge in [-0.15, -0.1) is 11.6 Å². The van der Waals surface area contributed by atoms with E-state index in [9.17, 15) is 4.79 Å². The summed E-state index contributed by atoms with van der Waals surface area (Å²) in [7, 11) is 1.69. The predicted molar refractivity (Wildman–Crippen MR) is 75.4 cm³/mol. The zero-order chi connectivity index (χ0) is 13.9. The van der Waals surface area contributed by atoms with Crippen molar-refractivity contribution < 1.29 is 9.53 Å². The molecule has 18 heavy (non-hydrogen) atoms. The summed E-state index contributed by atoms with van der Waals surface area (Å²) in [4.78, 5) is 13.5. The number of halogens is 1. The largest absolute Gasteiger partial charge is 0.443 e. The number of ether oxygens (including phenoxy) is 1. The van der Waals surface area contributed by atoms with Crippen LogP contribution in [0.5, 0.6) is 0 Å². The van der Waals surface area contributed by atoms with Gasteiger partial charge in [-0.1, -0.05) is 12.1 Å². The molecule has 0 atom stereocenters. The van der Waals surface area contributed by atoms with E-state index >= 15 is 0 Å². The first kappa shape index (κ1) is 14.8. The minimum atomic E-state index is -0.504. The Labute approximate surface area is 114 Å². The van der Waals surface area contributed by atoms with Gasteiger partial charge >= 0.3 is 6.09 Å². The van der Waals surface area contributed by atoms with E-state index in [1.807, 2.05) is 45.9 Å². The number of rotatable bonds is 2. The lowest BCUT2D eigenvalue weighted by Crippen LogP contribution is -2.34. The van der Waals surface area contributed by atoms with Crippen LogP contribution in [-0.4, -0.2) is 18.7 Å². The number of carbonyl (C=O) groups excluding carboxylic acids is 1. The summed E-state index contributed by atoms with van der Waals surface area (Å²) in [5.74, 6) is 0.370. The third-order valence-corrected chi connectivity index (χ3v) is 2.82. The summed E-state index contributed by atoms with van der Waals surface area (Å²) in [6.07, 6.45) is -0.375. The topological polar surface area (TPSA) is 29.5 Å². The molecule has 0 N–H and O–H groups in total. The van der Waals surface area contributed by atoms with Crippen molar-refractivity contribution in [1.29, 1.82) is 0 Å². The third kappa shape index (κ3) is 3.64. The van der Waals surface area contributed by atoms with Crippen LogP contribution in [0, 0.1) is 6.92 Å². The van der Waals surface area contributed by atoms with Gasteiger partial charge in [0.25, 0.3) is 0 Å². The van der Waals surface area contributed by atoms with Crippen molar-refractivity contribution >= 4 is 23.4 Å². The van der Waals surface area contributed by atoms with Crippen molar-refractivity contribution in [1.82, 2.24) is 0 Å². The van der Waals surface area contributed by atoms with E-state index in [1.165, 1.54) is 4.90 Å². The van der Waals surface area contributed by atoms with E-state index < -0.39 is 5.60 Å². The predicted octanol–water partition coefficient (Wildman–Crippen LogP) is 4.11. The molecular weight excluding hydrogens is 250 g/mol. The molecule has 0 saturated heterocycles. The molecule has 0 aliphatic carbocycles. The first-order valence-electron chi connectivity index (χ1n) is 5.87. The Bertz CT molecular complexity index is 438. The van der Waals surface area contributed by atoms with E-state index in [-0.39, 0.29) is 6.09 Å². The van der Waals surface area contributed by atoms with Crippen LogP contribution >= 0.6 is 11.6 Å². The van der Waals surface area contributed by atoms with Gasteiger partial charge in [-0.25, -0.2) is 4.79 Å². The molecule has 0 heterocycles. The molecular formula is C14H20ClNO2. The summed E-state index contributed by atoms with van der Waals surface area (Å²) >= 11 is 5.94. The monoisotopic (exact) mass is 269 g/mol.